The maximum absolute atomic E-state index is 13.0. The number of benzene rings is 1. The van der Waals surface area contributed by atoms with E-state index in [0.29, 0.717) is 30.2 Å². The topological polar surface area (TPSA) is 65.1 Å². The summed E-state index contributed by atoms with van der Waals surface area (Å²) in [4.78, 5) is 32.7. The smallest absolute Gasteiger partial charge is 0.317 e. The molecule has 1 fully saturated rings. The maximum Gasteiger partial charge on any atom is 0.332 e. The van der Waals surface area contributed by atoms with Crippen molar-refractivity contribution in [3.63, 3.8) is 0 Å². The van der Waals surface area contributed by atoms with E-state index >= 15 is 0 Å². The van der Waals surface area contributed by atoms with Gasteiger partial charge < -0.3 is 4.57 Å². The first-order valence-electron chi connectivity index (χ1n) is 10.3. The van der Waals surface area contributed by atoms with Crippen molar-refractivity contribution in [2.45, 2.75) is 39.8 Å². The highest BCUT2D eigenvalue weighted by atomic mass is 16.2. The monoisotopic (exact) mass is 395 g/mol. The molecule has 0 amide bonds. The highest BCUT2D eigenvalue weighted by molar-refractivity contribution is 5.71. The fourth-order valence-corrected chi connectivity index (χ4v) is 4.37. The molecule has 1 aliphatic heterocycles. The molecule has 7 nitrogen and oxygen atoms in total. The van der Waals surface area contributed by atoms with Crippen LogP contribution >= 0.6 is 0 Å². The molecular formula is C22H29N5O2. The Bertz CT molecular complexity index is 1170. The van der Waals surface area contributed by atoms with Crippen LogP contribution < -0.4 is 11.2 Å². The van der Waals surface area contributed by atoms with Crippen molar-refractivity contribution < 1.29 is 0 Å². The Balaban J connectivity index is 1.88. The number of hydrogen-bond acceptors (Lipinski definition) is 4. The minimum atomic E-state index is -0.346. The third-order valence-electron chi connectivity index (χ3n) is 6.12. The van der Waals surface area contributed by atoms with Gasteiger partial charge in [-0.3, -0.25) is 18.8 Å². The minimum Gasteiger partial charge on any atom is -0.317 e. The number of aryl methyl sites for hydroxylation is 2. The van der Waals surface area contributed by atoms with Crippen LogP contribution in [0.15, 0.2) is 33.9 Å². The second-order valence-corrected chi connectivity index (χ2v) is 8.40. The van der Waals surface area contributed by atoms with Gasteiger partial charge in [0.2, 0.25) is 0 Å². The van der Waals surface area contributed by atoms with Crippen LogP contribution in [0, 0.1) is 12.8 Å². The second kappa shape index (κ2) is 7.63. The van der Waals surface area contributed by atoms with Crippen molar-refractivity contribution in [1.29, 1.82) is 0 Å². The summed E-state index contributed by atoms with van der Waals surface area (Å²) in [7, 11) is 3.21. The zero-order chi connectivity index (χ0) is 20.7. The number of fused-ring (bicyclic) bond motifs is 1. The Morgan fingerprint density at radius 1 is 1.10 bits per heavy atom. The largest absolute Gasteiger partial charge is 0.332 e. The highest BCUT2D eigenvalue weighted by Crippen LogP contribution is 2.21. The Kier molecular flexibility index (Phi) is 5.17. The van der Waals surface area contributed by atoms with Gasteiger partial charge in [0, 0.05) is 27.2 Å². The third kappa shape index (κ3) is 3.55. The molecule has 1 aliphatic rings. The lowest BCUT2D eigenvalue weighted by Gasteiger charge is -2.30. The van der Waals surface area contributed by atoms with Gasteiger partial charge in [-0.1, -0.05) is 31.2 Å². The van der Waals surface area contributed by atoms with Crippen molar-refractivity contribution >= 4 is 11.2 Å². The van der Waals surface area contributed by atoms with E-state index < -0.39 is 0 Å². The molecule has 0 spiro atoms. The van der Waals surface area contributed by atoms with Crippen LogP contribution in [0.1, 0.15) is 36.7 Å². The summed E-state index contributed by atoms with van der Waals surface area (Å²) in [6.45, 7) is 7.67. The van der Waals surface area contributed by atoms with Crippen LogP contribution in [-0.2, 0) is 27.2 Å². The quantitative estimate of drug-likeness (QED) is 0.678. The first kappa shape index (κ1) is 19.6. The number of piperidine rings is 1. The Hall–Kier alpha value is -2.67. The van der Waals surface area contributed by atoms with Crippen molar-refractivity contribution in [2.75, 3.05) is 13.1 Å². The predicted octanol–water partition coefficient (Wildman–Crippen LogP) is 2.02. The summed E-state index contributed by atoms with van der Waals surface area (Å²) >= 11 is 0. The van der Waals surface area contributed by atoms with Gasteiger partial charge in [0.15, 0.2) is 11.2 Å². The lowest BCUT2D eigenvalue weighted by atomic mass is 10.0. The van der Waals surface area contributed by atoms with Crippen LogP contribution in [0.4, 0.5) is 0 Å². The van der Waals surface area contributed by atoms with E-state index in [4.69, 9.17) is 4.98 Å². The van der Waals surface area contributed by atoms with Crippen LogP contribution in [0.5, 0.6) is 0 Å². The molecule has 0 unspecified atom stereocenters. The molecule has 29 heavy (non-hydrogen) atoms. The van der Waals surface area contributed by atoms with Gasteiger partial charge in [0.05, 0.1) is 6.54 Å². The summed E-state index contributed by atoms with van der Waals surface area (Å²) in [5, 5.41) is 0. The van der Waals surface area contributed by atoms with Crippen LogP contribution in [0.2, 0.25) is 0 Å². The lowest BCUT2D eigenvalue weighted by molar-refractivity contribution is 0.171. The van der Waals surface area contributed by atoms with Gasteiger partial charge in [-0.05, 0) is 43.4 Å². The first-order valence-corrected chi connectivity index (χ1v) is 10.3. The average molecular weight is 396 g/mol. The molecule has 1 aromatic carbocycles. The molecule has 7 heteroatoms. The van der Waals surface area contributed by atoms with Gasteiger partial charge in [-0.15, -0.1) is 0 Å². The summed E-state index contributed by atoms with van der Waals surface area (Å²) < 4.78 is 4.66. The standard InChI is InChI=1S/C22H29N5O2/c1-15-8-7-11-26(12-15)14-18-23-20-19(21(28)25(4)22(29)24(20)3)27(18)13-17-10-6-5-9-16(17)2/h5-6,9-10,15H,7-8,11-14H2,1-4H3/t15-/m1/s1. The Morgan fingerprint density at radius 2 is 1.86 bits per heavy atom. The molecule has 0 aliphatic carbocycles. The molecule has 3 aromatic rings. The molecule has 0 saturated carbocycles. The molecule has 0 radical (unpaired) electrons. The highest BCUT2D eigenvalue weighted by Gasteiger charge is 2.23. The second-order valence-electron chi connectivity index (χ2n) is 8.40. The molecule has 2 aromatic heterocycles. The summed E-state index contributed by atoms with van der Waals surface area (Å²) in [5.74, 6) is 1.51. The first-order chi connectivity index (χ1) is 13.9. The van der Waals surface area contributed by atoms with E-state index in [2.05, 4.69) is 30.9 Å². The lowest BCUT2D eigenvalue weighted by Crippen LogP contribution is -2.37. The number of rotatable bonds is 4. The molecule has 1 atom stereocenters. The van der Waals surface area contributed by atoms with E-state index in [1.54, 1.807) is 7.05 Å². The van der Waals surface area contributed by atoms with E-state index in [1.165, 1.54) is 34.6 Å². The van der Waals surface area contributed by atoms with Gasteiger partial charge in [-0.2, -0.15) is 0 Å². The summed E-state index contributed by atoms with van der Waals surface area (Å²) in [6, 6.07) is 8.19. The van der Waals surface area contributed by atoms with E-state index in [9.17, 15) is 9.59 Å². The van der Waals surface area contributed by atoms with Crippen LogP contribution in [0.25, 0.3) is 11.2 Å². The number of aromatic nitrogens is 4. The summed E-state index contributed by atoms with van der Waals surface area (Å²) in [5.41, 5.74) is 2.65. The molecule has 0 N–H and O–H groups in total. The molecule has 1 saturated heterocycles. The number of likely N-dealkylation sites (tertiary alicyclic amines) is 1. The molecule has 3 heterocycles. The number of imidazole rings is 1. The van der Waals surface area contributed by atoms with Crippen molar-refractivity contribution in [3.8, 4) is 0 Å². The Morgan fingerprint density at radius 3 is 2.59 bits per heavy atom. The van der Waals surface area contributed by atoms with Crippen LogP contribution in [-0.4, -0.2) is 36.7 Å². The van der Waals surface area contributed by atoms with Crippen LogP contribution in [0.3, 0.4) is 0 Å². The van der Waals surface area contributed by atoms with E-state index in [1.807, 2.05) is 16.7 Å². The normalized spacial score (nSPS) is 17.9. The van der Waals surface area contributed by atoms with Gasteiger partial charge in [0.1, 0.15) is 5.82 Å². The molecule has 0 bridgehead atoms. The number of hydrogen-bond donors (Lipinski definition) is 0. The van der Waals surface area contributed by atoms with E-state index in [-0.39, 0.29) is 11.2 Å². The van der Waals surface area contributed by atoms with Gasteiger partial charge in [-0.25, -0.2) is 9.78 Å². The molecular weight excluding hydrogens is 366 g/mol. The van der Waals surface area contributed by atoms with Crippen molar-refractivity contribution in [1.82, 2.24) is 23.6 Å². The molecule has 154 valence electrons. The average Bonchev–Trinajstić information content (AvgIpc) is 3.04. The Labute approximate surface area is 170 Å². The van der Waals surface area contributed by atoms with Crippen molar-refractivity contribution in [2.24, 2.45) is 20.0 Å². The zero-order valence-electron chi connectivity index (χ0n) is 17.7. The fourth-order valence-electron chi connectivity index (χ4n) is 4.37. The summed E-state index contributed by atoms with van der Waals surface area (Å²) in [6.07, 6.45) is 2.44. The van der Waals surface area contributed by atoms with E-state index in [0.717, 1.165) is 24.5 Å². The zero-order valence-corrected chi connectivity index (χ0v) is 17.7. The number of nitrogens with zero attached hydrogens (tertiary/aromatic N) is 5. The minimum absolute atomic E-state index is 0.289. The maximum atomic E-state index is 13.0. The fraction of sp³-hybridized carbons (Fsp3) is 0.500. The SMILES string of the molecule is Cc1ccccc1Cn1c(CN2CCC[C@@H](C)C2)nc2c1c(=O)n(C)c(=O)n2C. The van der Waals surface area contributed by atoms with Crippen molar-refractivity contribution in [3.05, 3.63) is 62.1 Å². The third-order valence-corrected chi connectivity index (χ3v) is 6.12. The predicted molar refractivity (Wildman–Crippen MR) is 114 cm³/mol. The van der Waals surface area contributed by atoms with Gasteiger partial charge >= 0.3 is 5.69 Å². The molecule has 4 rings (SSSR count). The van der Waals surface area contributed by atoms with Gasteiger partial charge in [0.25, 0.3) is 5.56 Å².